The number of carbonyl (C=O) groups is 3. The van der Waals surface area contributed by atoms with Crippen molar-refractivity contribution < 1.29 is 19.1 Å². The Hall–Kier alpha value is -2.88. The second-order valence-corrected chi connectivity index (χ2v) is 6.98. The summed E-state index contributed by atoms with van der Waals surface area (Å²) in [6.45, 7) is 4.00. The molecule has 1 saturated carbocycles. The van der Waals surface area contributed by atoms with Crippen LogP contribution < -0.4 is 10.6 Å². The van der Waals surface area contributed by atoms with E-state index < -0.39 is 11.9 Å². The topological polar surface area (TPSA) is 108 Å². The number of hydrogen-bond acceptors (Lipinski definition) is 5. The molecule has 0 saturated heterocycles. The van der Waals surface area contributed by atoms with Gasteiger partial charge in [-0.1, -0.05) is 26.7 Å². The third-order valence-corrected chi connectivity index (χ3v) is 5.03. The number of nitrogens with zero attached hydrogens (tertiary/aromatic N) is 1. The van der Waals surface area contributed by atoms with Crippen molar-refractivity contribution in [2.45, 2.75) is 45.6 Å². The first-order chi connectivity index (χ1) is 12.9. The van der Waals surface area contributed by atoms with Crippen LogP contribution in [0.25, 0.3) is 0 Å². The number of rotatable bonds is 6. The van der Waals surface area contributed by atoms with E-state index in [1.807, 2.05) is 0 Å². The van der Waals surface area contributed by atoms with Crippen molar-refractivity contribution in [2.24, 2.45) is 11.8 Å². The van der Waals surface area contributed by atoms with Crippen LogP contribution in [0.2, 0.25) is 0 Å². The second kappa shape index (κ2) is 9.72. The van der Waals surface area contributed by atoms with Gasteiger partial charge in [0.05, 0.1) is 11.6 Å². The van der Waals surface area contributed by atoms with Crippen molar-refractivity contribution in [1.82, 2.24) is 5.32 Å². The average Bonchev–Trinajstić information content (AvgIpc) is 2.64. The minimum Gasteiger partial charge on any atom is -0.452 e. The number of ether oxygens (including phenoxy) is 1. The fraction of sp³-hybridized carbons (Fsp3) is 0.500. The molecule has 2 amide bonds. The number of nitrogens with one attached hydrogen (secondary N) is 2. The molecule has 0 unspecified atom stereocenters. The standard InChI is InChI=1S/C20H25N3O4/c1-13-4-3-5-17(14(13)2)23-19(25)12-27-20(26)15-6-8-16(9-7-15)22-18(24)10-11-21/h6-9,13-14,17H,3-5,10,12H2,1-2H3,(H,22,24)(H,23,25)/t13-,14-,17-/m1/s1. The van der Waals surface area contributed by atoms with Crippen LogP contribution in [0.3, 0.4) is 0 Å². The smallest absolute Gasteiger partial charge is 0.338 e. The van der Waals surface area contributed by atoms with Crippen LogP contribution in [-0.2, 0) is 14.3 Å². The number of anilines is 1. The molecule has 7 heteroatoms. The lowest BCUT2D eigenvalue weighted by molar-refractivity contribution is -0.125. The van der Waals surface area contributed by atoms with E-state index in [4.69, 9.17) is 10.00 Å². The predicted octanol–water partition coefficient (Wildman–Crippen LogP) is 2.64. The minimum absolute atomic E-state index is 0.122. The zero-order valence-electron chi connectivity index (χ0n) is 15.7. The fourth-order valence-corrected chi connectivity index (χ4v) is 3.22. The van der Waals surface area contributed by atoms with Crippen LogP contribution in [0.4, 0.5) is 5.69 Å². The van der Waals surface area contributed by atoms with Gasteiger partial charge in [0.25, 0.3) is 5.91 Å². The SMILES string of the molecule is C[C@@H]1[C@H](C)CCC[C@H]1NC(=O)COC(=O)c1ccc(NC(=O)CC#N)cc1. The van der Waals surface area contributed by atoms with E-state index in [2.05, 4.69) is 24.5 Å². The zero-order chi connectivity index (χ0) is 19.8. The quantitative estimate of drug-likeness (QED) is 0.747. The molecule has 1 aromatic carbocycles. The van der Waals surface area contributed by atoms with Crippen LogP contribution in [0.1, 0.15) is 49.9 Å². The molecule has 1 aliphatic rings. The Morgan fingerprint density at radius 1 is 1.15 bits per heavy atom. The first kappa shape index (κ1) is 20.4. The van der Waals surface area contributed by atoms with E-state index >= 15 is 0 Å². The van der Waals surface area contributed by atoms with Gasteiger partial charge >= 0.3 is 5.97 Å². The molecule has 1 aromatic rings. The Bertz CT molecular complexity index is 724. The summed E-state index contributed by atoms with van der Waals surface area (Å²) in [5, 5.41) is 14.0. The van der Waals surface area contributed by atoms with Crippen molar-refractivity contribution in [3.05, 3.63) is 29.8 Å². The Morgan fingerprint density at radius 3 is 2.52 bits per heavy atom. The largest absolute Gasteiger partial charge is 0.452 e. The Kier molecular flexibility index (Phi) is 7.35. The summed E-state index contributed by atoms with van der Waals surface area (Å²) in [6.07, 6.45) is 2.98. The summed E-state index contributed by atoms with van der Waals surface area (Å²) >= 11 is 0. The Balaban J connectivity index is 1.80. The number of carbonyl (C=O) groups excluding carboxylic acids is 3. The van der Waals surface area contributed by atoms with Gasteiger partial charge < -0.3 is 15.4 Å². The van der Waals surface area contributed by atoms with Gasteiger partial charge in [-0.05, 0) is 42.5 Å². The van der Waals surface area contributed by atoms with Crippen LogP contribution in [0.15, 0.2) is 24.3 Å². The van der Waals surface area contributed by atoms with Crippen LogP contribution in [-0.4, -0.2) is 30.4 Å². The molecule has 0 aromatic heterocycles. The lowest BCUT2D eigenvalue weighted by Gasteiger charge is -2.34. The first-order valence-corrected chi connectivity index (χ1v) is 9.14. The lowest BCUT2D eigenvalue weighted by Crippen LogP contribution is -2.45. The molecule has 144 valence electrons. The van der Waals surface area contributed by atoms with Crippen LogP contribution in [0, 0.1) is 23.2 Å². The fourth-order valence-electron chi connectivity index (χ4n) is 3.22. The van der Waals surface area contributed by atoms with E-state index in [9.17, 15) is 14.4 Å². The van der Waals surface area contributed by atoms with Crippen molar-refractivity contribution in [1.29, 1.82) is 5.26 Å². The highest BCUT2D eigenvalue weighted by atomic mass is 16.5. The average molecular weight is 371 g/mol. The summed E-state index contributed by atoms with van der Waals surface area (Å²) in [5.74, 6) is -0.350. The summed E-state index contributed by atoms with van der Waals surface area (Å²) in [6, 6.07) is 7.94. The van der Waals surface area contributed by atoms with Gasteiger partial charge in [0, 0.05) is 11.7 Å². The molecule has 0 heterocycles. The highest BCUT2D eigenvalue weighted by molar-refractivity contribution is 5.94. The van der Waals surface area contributed by atoms with E-state index in [-0.39, 0.29) is 30.5 Å². The van der Waals surface area contributed by atoms with Gasteiger partial charge in [0.1, 0.15) is 6.42 Å². The van der Waals surface area contributed by atoms with Gasteiger partial charge in [0.2, 0.25) is 5.91 Å². The molecule has 1 fully saturated rings. The van der Waals surface area contributed by atoms with Gasteiger partial charge in [-0.2, -0.15) is 5.26 Å². The van der Waals surface area contributed by atoms with Gasteiger partial charge in [0.15, 0.2) is 6.61 Å². The molecule has 1 aliphatic carbocycles. The number of benzene rings is 1. The monoisotopic (exact) mass is 371 g/mol. The number of amides is 2. The highest BCUT2D eigenvalue weighted by Crippen LogP contribution is 2.29. The first-order valence-electron chi connectivity index (χ1n) is 9.14. The van der Waals surface area contributed by atoms with Gasteiger partial charge in [-0.25, -0.2) is 4.79 Å². The summed E-state index contributed by atoms with van der Waals surface area (Å²) in [7, 11) is 0. The molecule has 3 atom stereocenters. The maximum atomic E-state index is 12.1. The third kappa shape index (κ3) is 6.10. The summed E-state index contributed by atoms with van der Waals surface area (Å²) in [4.78, 5) is 35.5. The van der Waals surface area contributed by atoms with Gasteiger partial charge in [-0.15, -0.1) is 0 Å². The van der Waals surface area contributed by atoms with Crippen molar-refractivity contribution in [3.63, 3.8) is 0 Å². The summed E-state index contributed by atoms with van der Waals surface area (Å²) < 4.78 is 5.07. The molecular formula is C20H25N3O4. The van der Waals surface area contributed by atoms with Crippen molar-refractivity contribution in [2.75, 3.05) is 11.9 Å². The predicted molar refractivity (Wildman–Crippen MR) is 99.7 cm³/mol. The Morgan fingerprint density at radius 2 is 1.85 bits per heavy atom. The van der Waals surface area contributed by atoms with Gasteiger partial charge in [-0.3, -0.25) is 9.59 Å². The van der Waals surface area contributed by atoms with Crippen LogP contribution >= 0.6 is 0 Å². The molecule has 0 spiro atoms. The molecular weight excluding hydrogens is 346 g/mol. The summed E-state index contributed by atoms with van der Waals surface area (Å²) in [5.41, 5.74) is 0.755. The maximum Gasteiger partial charge on any atom is 0.338 e. The number of hydrogen-bond donors (Lipinski definition) is 2. The van der Waals surface area contributed by atoms with E-state index in [0.717, 1.165) is 12.8 Å². The molecule has 27 heavy (non-hydrogen) atoms. The number of esters is 1. The van der Waals surface area contributed by atoms with Crippen LogP contribution in [0.5, 0.6) is 0 Å². The Labute approximate surface area is 159 Å². The normalized spacial score (nSPS) is 21.6. The van der Waals surface area contributed by atoms with E-state index in [0.29, 0.717) is 17.5 Å². The number of nitriles is 1. The molecule has 0 bridgehead atoms. The van der Waals surface area contributed by atoms with E-state index in [1.165, 1.54) is 30.7 Å². The van der Waals surface area contributed by atoms with Crippen molar-refractivity contribution in [3.8, 4) is 6.07 Å². The molecule has 0 aliphatic heterocycles. The maximum absolute atomic E-state index is 12.1. The second-order valence-electron chi connectivity index (χ2n) is 6.98. The zero-order valence-corrected chi connectivity index (χ0v) is 15.7. The molecule has 2 N–H and O–H groups in total. The van der Waals surface area contributed by atoms with Crippen molar-refractivity contribution >= 4 is 23.5 Å². The highest BCUT2D eigenvalue weighted by Gasteiger charge is 2.28. The minimum atomic E-state index is -0.606. The third-order valence-electron chi connectivity index (χ3n) is 5.03. The van der Waals surface area contributed by atoms with E-state index in [1.54, 1.807) is 6.07 Å². The lowest BCUT2D eigenvalue weighted by atomic mass is 9.78. The molecule has 2 rings (SSSR count). The molecule has 0 radical (unpaired) electrons. The molecule has 7 nitrogen and oxygen atoms in total.